The summed E-state index contributed by atoms with van der Waals surface area (Å²) in [6.45, 7) is 2.70. The molecule has 74 valence electrons. The van der Waals surface area contributed by atoms with Crippen molar-refractivity contribution in [3.05, 3.63) is 0 Å². The predicted octanol–water partition coefficient (Wildman–Crippen LogP) is 1.37. The van der Waals surface area contributed by atoms with Crippen molar-refractivity contribution in [3.8, 4) is 0 Å². The summed E-state index contributed by atoms with van der Waals surface area (Å²) in [7, 11) is 0. The zero-order valence-electron chi connectivity index (χ0n) is 8.34. The number of nitrogens with zero attached hydrogens (tertiary/aromatic N) is 1. The summed E-state index contributed by atoms with van der Waals surface area (Å²) in [5.74, 6) is 0. The van der Waals surface area contributed by atoms with Gasteiger partial charge in [-0.1, -0.05) is 6.42 Å². The normalized spacial score (nSPS) is 40.6. The summed E-state index contributed by atoms with van der Waals surface area (Å²) in [6.07, 6.45) is 8.66. The van der Waals surface area contributed by atoms with E-state index in [4.69, 9.17) is 0 Å². The molecule has 0 aromatic rings. The molecule has 2 atom stereocenters. The maximum absolute atomic E-state index is 3.77. The lowest BCUT2D eigenvalue weighted by atomic mass is 10.0. The van der Waals surface area contributed by atoms with Crippen LogP contribution in [0.1, 0.15) is 38.5 Å². The zero-order valence-corrected chi connectivity index (χ0v) is 8.34. The van der Waals surface area contributed by atoms with Gasteiger partial charge in [-0.3, -0.25) is 4.90 Å². The highest BCUT2D eigenvalue weighted by atomic mass is 15.2. The molecule has 3 fully saturated rings. The van der Waals surface area contributed by atoms with Gasteiger partial charge in [0.05, 0.1) is 0 Å². The minimum atomic E-state index is 0.829. The number of hydrogen-bond acceptors (Lipinski definition) is 2. The molecule has 2 saturated heterocycles. The predicted molar refractivity (Wildman–Crippen MR) is 53.8 cm³/mol. The van der Waals surface area contributed by atoms with E-state index in [2.05, 4.69) is 10.2 Å². The summed E-state index contributed by atoms with van der Waals surface area (Å²) in [5, 5.41) is 3.77. The summed E-state index contributed by atoms with van der Waals surface area (Å²) in [6, 6.07) is 2.66. The summed E-state index contributed by atoms with van der Waals surface area (Å²) >= 11 is 0. The van der Waals surface area contributed by atoms with Gasteiger partial charge in [0.2, 0.25) is 0 Å². The molecule has 2 nitrogen and oxygen atoms in total. The van der Waals surface area contributed by atoms with Crippen LogP contribution in [0.15, 0.2) is 0 Å². The van der Waals surface area contributed by atoms with E-state index in [0.29, 0.717) is 0 Å². The highest BCUT2D eigenvalue weighted by Crippen LogP contribution is 2.29. The molecule has 0 radical (unpaired) electrons. The van der Waals surface area contributed by atoms with E-state index in [1.165, 1.54) is 51.6 Å². The third-order valence-electron chi connectivity index (χ3n) is 3.81. The van der Waals surface area contributed by atoms with Gasteiger partial charge in [0.15, 0.2) is 0 Å². The van der Waals surface area contributed by atoms with E-state index < -0.39 is 0 Å². The molecule has 13 heavy (non-hydrogen) atoms. The molecule has 1 N–H and O–H groups in total. The van der Waals surface area contributed by atoms with E-state index in [-0.39, 0.29) is 0 Å². The number of hydrogen-bond donors (Lipinski definition) is 1. The molecular weight excluding hydrogens is 160 g/mol. The molecule has 3 aliphatic rings. The summed E-state index contributed by atoms with van der Waals surface area (Å²) in [5.41, 5.74) is 0. The monoisotopic (exact) mass is 180 g/mol. The van der Waals surface area contributed by atoms with E-state index in [1.54, 1.807) is 0 Å². The Labute approximate surface area is 80.7 Å². The van der Waals surface area contributed by atoms with Crippen LogP contribution in [0.2, 0.25) is 0 Å². The molecule has 1 saturated carbocycles. The van der Waals surface area contributed by atoms with Crippen LogP contribution in [0.5, 0.6) is 0 Å². The van der Waals surface area contributed by atoms with Crippen molar-refractivity contribution in [1.29, 1.82) is 0 Å². The second kappa shape index (κ2) is 3.25. The molecule has 0 bridgehead atoms. The van der Waals surface area contributed by atoms with Crippen molar-refractivity contribution in [2.45, 2.75) is 56.7 Å². The van der Waals surface area contributed by atoms with Gasteiger partial charge < -0.3 is 5.32 Å². The van der Waals surface area contributed by atoms with Gasteiger partial charge >= 0.3 is 0 Å². The van der Waals surface area contributed by atoms with Crippen molar-refractivity contribution < 1.29 is 0 Å². The fourth-order valence-corrected chi connectivity index (χ4v) is 2.96. The third-order valence-corrected chi connectivity index (χ3v) is 3.81. The average molecular weight is 180 g/mol. The molecule has 2 aliphatic heterocycles. The van der Waals surface area contributed by atoms with Crippen LogP contribution < -0.4 is 5.32 Å². The first-order valence-corrected chi connectivity index (χ1v) is 5.92. The van der Waals surface area contributed by atoms with E-state index >= 15 is 0 Å². The first kappa shape index (κ1) is 8.25. The molecule has 0 spiro atoms. The van der Waals surface area contributed by atoms with Gasteiger partial charge in [0.25, 0.3) is 0 Å². The van der Waals surface area contributed by atoms with Crippen molar-refractivity contribution in [2.24, 2.45) is 0 Å². The van der Waals surface area contributed by atoms with Crippen LogP contribution in [-0.2, 0) is 0 Å². The Morgan fingerprint density at radius 2 is 1.92 bits per heavy atom. The van der Waals surface area contributed by atoms with Crippen molar-refractivity contribution in [1.82, 2.24) is 10.2 Å². The molecule has 3 rings (SSSR count). The Bertz CT molecular complexity index is 175. The molecule has 2 heteroatoms. The Kier molecular flexibility index (Phi) is 2.06. The molecule has 2 heterocycles. The van der Waals surface area contributed by atoms with Crippen LogP contribution in [0.4, 0.5) is 0 Å². The van der Waals surface area contributed by atoms with Gasteiger partial charge in [0, 0.05) is 24.7 Å². The quantitative estimate of drug-likeness (QED) is 0.690. The average Bonchev–Trinajstić information content (AvgIpc) is 2.85. The molecule has 0 aromatic heterocycles. The standard InChI is InChI=1S/C11H20N2/c1-2-6-13-8-10(7-11(13)3-1)12-9-4-5-9/h9-12H,1-8H2. The minimum absolute atomic E-state index is 0.829. The second-order valence-electron chi connectivity index (χ2n) is 5.02. The van der Waals surface area contributed by atoms with Crippen LogP contribution >= 0.6 is 0 Å². The fourth-order valence-electron chi connectivity index (χ4n) is 2.96. The first-order valence-electron chi connectivity index (χ1n) is 5.92. The molecule has 0 amide bonds. The highest BCUT2D eigenvalue weighted by Gasteiger charge is 2.35. The number of nitrogens with one attached hydrogen (secondary N) is 1. The second-order valence-corrected chi connectivity index (χ2v) is 5.02. The van der Waals surface area contributed by atoms with Gasteiger partial charge in [-0.25, -0.2) is 0 Å². The third kappa shape index (κ3) is 1.75. The SMILES string of the molecule is C1CCN2CC(NC3CC3)CC2C1. The van der Waals surface area contributed by atoms with Crippen LogP contribution in [0.3, 0.4) is 0 Å². The van der Waals surface area contributed by atoms with E-state index in [0.717, 1.165) is 18.1 Å². The number of piperidine rings is 1. The number of rotatable bonds is 2. The Morgan fingerprint density at radius 3 is 2.69 bits per heavy atom. The van der Waals surface area contributed by atoms with Crippen molar-refractivity contribution >= 4 is 0 Å². The van der Waals surface area contributed by atoms with E-state index in [1.807, 2.05) is 0 Å². The van der Waals surface area contributed by atoms with Crippen molar-refractivity contribution in [3.63, 3.8) is 0 Å². The topological polar surface area (TPSA) is 15.3 Å². The summed E-state index contributed by atoms with van der Waals surface area (Å²) < 4.78 is 0. The number of fused-ring (bicyclic) bond motifs is 1. The van der Waals surface area contributed by atoms with Crippen LogP contribution in [0, 0.1) is 0 Å². The fraction of sp³-hybridized carbons (Fsp3) is 1.00. The highest BCUT2D eigenvalue weighted by molar-refractivity contribution is 4.95. The molecule has 0 aromatic carbocycles. The smallest absolute Gasteiger partial charge is 0.0212 e. The van der Waals surface area contributed by atoms with Crippen molar-refractivity contribution in [2.75, 3.05) is 13.1 Å². The van der Waals surface area contributed by atoms with Gasteiger partial charge in [-0.2, -0.15) is 0 Å². The molecule has 2 unspecified atom stereocenters. The van der Waals surface area contributed by atoms with Gasteiger partial charge in [-0.05, 0) is 38.6 Å². The zero-order chi connectivity index (χ0) is 8.67. The van der Waals surface area contributed by atoms with E-state index in [9.17, 15) is 0 Å². The first-order chi connectivity index (χ1) is 6.42. The Morgan fingerprint density at radius 1 is 1.00 bits per heavy atom. The molecule has 1 aliphatic carbocycles. The maximum Gasteiger partial charge on any atom is 0.0212 e. The lowest BCUT2D eigenvalue weighted by Crippen LogP contribution is -2.36. The largest absolute Gasteiger partial charge is 0.310 e. The van der Waals surface area contributed by atoms with Crippen LogP contribution in [0.25, 0.3) is 0 Å². The van der Waals surface area contributed by atoms with Crippen LogP contribution in [-0.4, -0.2) is 36.1 Å². The minimum Gasteiger partial charge on any atom is -0.310 e. The van der Waals surface area contributed by atoms with Gasteiger partial charge in [0.1, 0.15) is 0 Å². The maximum atomic E-state index is 3.77. The molecular formula is C11H20N2. The summed E-state index contributed by atoms with van der Waals surface area (Å²) in [4.78, 5) is 2.71. The lowest BCUT2D eigenvalue weighted by Gasteiger charge is -2.28. The lowest BCUT2D eigenvalue weighted by molar-refractivity contribution is 0.197. The Hall–Kier alpha value is -0.0800. The Balaban J connectivity index is 1.55. The van der Waals surface area contributed by atoms with Gasteiger partial charge in [-0.15, -0.1) is 0 Å².